The van der Waals surface area contributed by atoms with E-state index in [0.29, 0.717) is 5.95 Å². The number of imidazole rings is 1. The molecule has 0 spiro atoms. The molecule has 0 atom stereocenters. The maximum absolute atomic E-state index is 13.7. The third kappa shape index (κ3) is 2.67. The van der Waals surface area contributed by atoms with Gasteiger partial charge in [0.05, 0.1) is 5.69 Å². The lowest BCUT2D eigenvalue weighted by Crippen LogP contribution is -2.08. The number of benzene rings is 1. The monoisotopic (exact) mass is 251 g/mol. The van der Waals surface area contributed by atoms with E-state index in [1.54, 1.807) is 17.0 Å². The Morgan fingerprint density at radius 2 is 2.17 bits per heavy atom. The lowest BCUT2D eigenvalue weighted by Gasteiger charge is -2.10. The molecule has 0 fully saturated rings. The molecule has 0 unspecified atom stereocenters. The Kier molecular flexibility index (Phi) is 3.92. The van der Waals surface area contributed by atoms with Gasteiger partial charge in [0.25, 0.3) is 0 Å². The second kappa shape index (κ2) is 5.62. The van der Waals surface area contributed by atoms with Crippen molar-refractivity contribution in [3.05, 3.63) is 42.2 Å². The molecule has 1 heterocycles. The van der Waals surface area contributed by atoms with Crippen molar-refractivity contribution in [2.45, 2.75) is 19.8 Å². The average molecular weight is 251 g/mol. The summed E-state index contributed by atoms with van der Waals surface area (Å²) in [5.74, 6) is -0.627. The number of unbranched alkanes of at least 4 members (excludes halogenated alkanes) is 1. The summed E-state index contributed by atoms with van der Waals surface area (Å²) < 4.78 is 28.1. The van der Waals surface area contributed by atoms with Crippen LogP contribution in [0.1, 0.15) is 19.8 Å². The summed E-state index contributed by atoms with van der Waals surface area (Å²) in [6.45, 7) is 2.87. The van der Waals surface area contributed by atoms with Crippen molar-refractivity contribution >= 4 is 5.95 Å². The number of nitrogens with one attached hydrogen (secondary N) is 1. The van der Waals surface area contributed by atoms with Crippen LogP contribution in [-0.2, 0) is 0 Å². The minimum absolute atomic E-state index is 0.285. The van der Waals surface area contributed by atoms with Crippen LogP contribution in [0.3, 0.4) is 0 Å². The number of halogens is 2. The highest BCUT2D eigenvalue weighted by atomic mass is 19.1. The van der Waals surface area contributed by atoms with Crippen molar-refractivity contribution in [3.63, 3.8) is 0 Å². The fourth-order valence-corrected chi connectivity index (χ4v) is 1.68. The molecule has 2 rings (SSSR count). The molecule has 0 bridgehead atoms. The molecule has 0 aliphatic rings. The summed E-state index contributed by atoms with van der Waals surface area (Å²) >= 11 is 0. The van der Waals surface area contributed by atoms with E-state index >= 15 is 0 Å². The molecule has 0 saturated heterocycles. The van der Waals surface area contributed by atoms with Gasteiger partial charge >= 0.3 is 0 Å². The minimum Gasteiger partial charge on any atom is -0.355 e. The van der Waals surface area contributed by atoms with Gasteiger partial charge < -0.3 is 5.32 Å². The van der Waals surface area contributed by atoms with Gasteiger partial charge in [-0.05, 0) is 18.6 Å². The van der Waals surface area contributed by atoms with Crippen LogP contribution < -0.4 is 5.32 Å². The number of nitrogens with zero attached hydrogens (tertiary/aromatic N) is 2. The maximum Gasteiger partial charge on any atom is 0.207 e. The topological polar surface area (TPSA) is 29.9 Å². The second-order valence-electron chi connectivity index (χ2n) is 4.00. The lowest BCUT2D eigenvalue weighted by atomic mass is 10.3. The van der Waals surface area contributed by atoms with E-state index in [1.165, 1.54) is 12.1 Å². The highest BCUT2D eigenvalue weighted by Gasteiger charge is 2.09. The van der Waals surface area contributed by atoms with E-state index in [2.05, 4.69) is 17.2 Å². The van der Waals surface area contributed by atoms with Crippen LogP contribution >= 0.6 is 0 Å². The number of rotatable bonds is 5. The predicted molar refractivity (Wildman–Crippen MR) is 66.9 cm³/mol. The summed E-state index contributed by atoms with van der Waals surface area (Å²) in [5, 5.41) is 3.13. The van der Waals surface area contributed by atoms with Crippen LogP contribution in [0.15, 0.2) is 30.6 Å². The minimum atomic E-state index is -0.605. The first-order chi connectivity index (χ1) is 8.72. The molecule has 18 heavy (non-hydrogen) atoms. The fourth-order valence-electron chi connectivity index (χ4n) is 1.68. The van der Waals surface area contributed by atoms with Crippen LogP contribution in [0.5, 0.6) is 0 Å². The maximum atomic E-state index is 13.7. The third-order valence-electron chi connectivity index (χ3n) is 2.62. The summed E-state index contributed by atoms with van der Waals surface area (Å²) in [5.41, 5.74) is 0.285. The molecule has 2 aromatic rings. The first-order valence-corrected chi connectivity index (χ1v) is 5.95. The van der Waals surface area contributed by atoms with Gasteiger partial charge in [0.1, 0.15) is 11.6 Å². The molecule has 0 radical (unpaired) electrons. The van der Waals surface area contributed by atoms with Crippen molar-refractivity contribution in [2.75, 3.05) is 11.9 Å². The summed E-state index contributed by atoms with van der Waals surface area (Å²) in [4.78, 5) is 4.12. The normalized spacial score (nSPS) is 10.6. The zero-order valence-electron chi connectivity index (χ0n) is 10.2. The average Bonchev–Trinajstić information content (AvgIpc) is 2.78. The number of anilines is 1. The SMILES string of the molecule is CCCCNc1nccn1-c1ccc(F)cc1F. The van der Waals surface area contributed by atoms with E-state index in [0.717, 1.165) is 25.5 Å². The molecule has 0 aliphatic carbocycles. The van der Waals surface area contributed by atoms with Crippen LogP contribution in [0.4, 0.5) is 14.7 Å². The number of hydrogen-bond acceptors (Lipinski definition) is 2. The molecule has 3 nitrogen and oxygen atoms in total. The van der Waals surface area contributed by atoms with Crippen LogP contribution in [0.2, 0.25) is 0 Å². The molecule has 96 valence electrons. The molecule has 0 amide bonds. The largest absolute Gasteiger partial charge is 0.355 e. The zero-order chi connectivity index (χ0) is 13.0. The van der Waals surface area contributed by atoms with Crippen LogP contribution in [-0.4, -0.2) is 16.1 Å². The Labute approximate surface area is 104 Å². The highest BCUT2D eigenvalue weighted by Crippen LogP contribution is 2.18. The van der Waals surface area contributed by atoms with Crippen molar-refractivity contribution in [1.29, 1.82) is 0 Å². The first-order valence-electron chi connectivity index (χ1n) is 5.95. The molecular weight excluding hydrogens is 236 g/mol. The summed E-state index contributed by atoms with van der Waals surface area (Å²) in [6, 6.07) is 3.50. The van der Waals surface area contributed by atoms with E-state index in [4.69, 9.17) is 0 Å². The van der Waals surface area contributed by atoms with Gasteiger partial charge in [0, 0.05) is 25.0 Å². The number of hydrogen-bond donors (Lipinski definition) is 1. The predicted octanol–water partition coefficient (Wildman–Crippen LogP) is 3.36. The van der Waals surface area contributed by atoms with Gasteiger partial charge in [0.15, 0.2) is 0 Å². The van der Waals surface area contributed by atoms with E-state index in [1.807, 2.05) is 0 Å². The van der Waals surface area contributed by atoms with Crippen LogP contribution in [0.25, 0.3) is 5.69 Å². The van der Waals surface area contributed by atoms with Crippen molar-refractivity contribution in [1.82, 2.24) is 9.55 Å². The van der Waals surface area contributed by atoms with Crippen molar-refractivity contribution in [2.24, 2.45) is 0 Å². The van der Waals surface area contributed by atoms with Gasteiger partial charge in [-0.2, -0.15) is 0 Å². The van der Waals surface area contributed by atoms with Crippen molar-refractivity contribution in [3.8, 4) is 5.69 Å². The zero-order valence-corrected chi connectivity index (χ0v) is 10.2. The van der Waals surface area contributed by atoms with Gasteiger partial charge in [-0.1, -0.05) is 13.3 Å². The molecular formula is C13H15F2N3. The van der Waals surface area contributed by atoms with Gasteiger partial charge in [-0.15, -0.1) is 0 Å². The molecule has 1 N–H and O–H groups in total. The molecule has 0 aliphatic heterocycles. The van der Waals surface area contributed by atoms with Gasteiger partial charge in [0.2, 0.25) is 5.95 Å². The Hall–Kier alpha value is -1.91. The summed E-state index contributed by atoms with van der Waals surface area (Å²) in [6.07, 6.45) is 5.30. The van der Waals surface area contributed by atoms with Crippen molar-refractivity contribution < 1.29 is 8.78 Å². The number of aromatic nitrogens is 2. The van der Waals surface area contributed by atoms with E-state index in [-0.39, 0.29) is 5.69 Å². The van der Waals surface area contributed by atoms with Crippen LogP contribution in [0, 0.1) is 11.6 Å². The molecule has 1 aromatic carbocycles. The molecule has 5 heteroatoms. The van der Waals surface area contributed by atoms with Gasteiger partial charge in [-0.3, -0.25) is 4.57 Å². The standard InChI is InChI=1S/C13H15F2N3/c1-2-3-6-16-13-17-7-8-18(13)12-5-4-10(14)9-11(12)15/h4-5,7-9H,2-3,6H2,1H3,(H,16,17). The van der Waals surface area contributed by atoms with Gasteiger partial charge in [-0.25, -0.2) is 13.8 Å². The molecule has 0 saturated carbocycles. The van der Waals surface area contributed by atoms with E-state index < -0.39 is 11.6 Å². The third-order valence-corrected chi connectivity index (χ3v) is 2.62. The molecule has 1 aromatic heterocycles. The quantitative estimate of drug-likeness (QED) is 0.826. The lowest BCUT2D eigenvalue weighted by molar-refractivity contribution is 0.578. The summed E-state index contributed by atoms with van der Waals surface area (Å²) in [7, 11) is 0. The van der Waals surface area contributed by atoms with E-state index in [9.17, 15) is 8.78 Å². The first kappa shape index (κ1) is 12.5. The Morgan fingerprint density at radius 3 is 2.89 bits per heavy atom. The Bertz CT molecular complexity index is 523. The smallest absolute Gasteiger partial charge is 0.207 e. The Morgan fingerprint density at radius 1 is 1.33 bits per heavy atom. The second-order valence-corrected chi connectivity index (χ2v) is 4.00. The Balaban J connectivity index is 2.25. The fraction of sp³-hybridized carbons (Fsp3) is 0.308. The highest BCUT2D eigenvalue weighted by molar-refractivity contribution is 5.42.